The predicted octanol–water partition coefficient (Wildman–Crippen LogP) is 0.816. The van der Waals surface area contributed by atoms with Crippen molar-refractivity contribution in [1.29, 1.82) is 0 Å². The van der Waals surface area contributed by atoms with Gasteiger partial charge in [0.2, 0.25) is 20.0 Å². The number of rotatable bonds is 5. The van der Waals surface area contributed by atoms with Gasteiger partial charge in [0.1, 0.15) is 0 Å². The second-order valence-corrected chi connectivity index (χ2v) is 8.38. The second kappa shape index (κ2) is 5.80. The molecule has 1 aliphatic carbocycles. The van der Waals surface area contributed by atoms with Gasteiger partial charge in [0.05, 0.1) is 9.79 Å². The third-order valence-electron chi connectivity index (χ3n) is 3.39. The summed E-state index contributed by atoms with van der Waals surface area (Å²) in [4.78, 5) is 0.124. The maximum absolute atomic E-state index is 12.1. The van der Waals surface area contributed by atoms with Crippen LogP contribution in [0, 0.1) is 0 Å². The first-order valence-electron chi connectivity index (χ1n) is 6.41. The number of hydrogen-bond donors (Lipinski definition) is 2. The molecule has 0 aromatic heterocycles. The molecule has 0 radical (unpaired) electrons. The molecule has 6 nitrogen and oxygen atoms in total. The Bertz CT molecular complexity index is 660. The van der Waals surface area contributed by atoms with Crippen LogP contribution < -0.4 is 9.44 Å². The molecule has 0 saturated heterocycles. The van der Waals surface area contributed by atoms with Crippen molar-refractivity contribution < 1.29 is 16.8 Å². The lowest BCUT2D eigenvalue weighted by Gasteiger charge is -2.12. The molecule has 1 fully saturated rings. The molecular weight excluding hydrogens is 300 g/mol. The number of sulfonamides is 2. The summed E-state index contributed by atoms with van der Waals surface area (Å²) in [6.07, 6.45) is 3.77. The lowest BCUT2D eigenvalue weighted by Crippen LogP contribution is -2.32. The summed E-state index contributed by atoms with van der Waals surface area (Å²) in [5.74, 6) is 0. The van der Waals surface area contributed by atoms with E-state index >= 15 is 0 Å². The average Bonchev–Trinajstić information content (AvgIpc) is 2.91. The largest absolute Gasteiger partial charge is 0.240 e. The van der Waals surface area contributed by atoms with Crippen LogP contribution in [-0.4, -0.2) is 29.9 Å². The van der Waals surface area contributed by atoms with Crippen molar-refractivity contribution in [2.75, 3.05) is 7.05 Å². The van der Waals surface area contributed by atoms with Crippen molar-refractivity contribution >= 4 is 20.0 Å². The maximum atomic E-state index is 12.1. The minimum Gasteiger partial charge on any atom is -0.214 e. The molecule has 1 aliphatic rings. The first-order chi connectivity index (χ1) is 9.35. The van der Waals surface area contributed by atoms with E-state index in [0.29, 0.717) is 0 Å². The second-order valence-electron chi connectivity index (χ2n) is 4.78. The fourth-order valence-corrected chi connectivity index (χ4v) is 4.28. The van der Waals surface area contributed by atoms with Gasteiger partial charge in [0.25, 0.3) is 0 Å². The van der Waals surface area contributed by atoms with Crippen molar-refractivity contribution in [1.82, 2.24) is 9.44 Å². The van der Waals surface area contributed by atoms with Gasteiger partial charge in [-0.25, -0.2) is 26.3 Å². The standard InChI is InChI=1S/C12H18N2O4S2/c1-13-19(15,16)11-6-8-12(9-7-11)20(17,18)14-10-4-2-3-5-10/h6-10,13-14H,2-5H2,1H3. The zero-order valence-corrected chi connectivity index (χ0v) is 12.8. The summed E-state index contributed by atoms with van der Waals surface area (Å²) in [7, 11) is -5.82. The highest BCUT2D eigenvalue weighted by atomic mass is 32.2. The van der Waals surface area contributed by atoms with Crippen LogP contribution in [0.25, 0.3) is 0 Å². The van der Waals surface area contributed by atoms with E-state index in [2.05, 4.69) is 9.44 Å². The van der Waals surface area contributed by atoms with Crippen molar-refractivity contribution in [3.8, 4) is 0 Å². The van der Waals surface area contributed by atoms with E-state index in [4.69, 9.17) is 0 Å². The zero-order valence-electron chi connectivity index (χ0n) is 11.2. The van der Waals surface area contributed by atoms with Crippen molar-refractivity contribution in [3.63, 3.8) is 0 Å². The fourth-order valence-electron chi connectivity index (χ4n) is 2.25. The molecule has 0 amide bonds. The highest BCUT2D eigenvalue weighted by Gasteiger charge is 2.23. The first kappa shape index (κ1) is 15.4. The minimum atomic E-state index is -3.58. The summed E-state index contributed by atoms with van der Waals surface area (Å²) >= 11 is 0. The summed E-state index contributed by atoms with van der Waals surface area (Å²) in [6.45, 7) is 0. The van der Waals surface area contributed by atoms with Crippen LogP contribution >= 0.6 is 0 Å². The van der Waals surface area contributed by atoms with E-state index in [0.717, 1.165) is 25.7 Å². The topological polar surface area (TPSA) is 92.3 Å². The third kappa shape index (κ3) is 3.38. The summed E-state index contributed by atoms with van der Waals surface area (Å²) in [6, 6.07) is 5.17. The van der Waals surface area contributed by atoms with Gasteiger partial charge in [-0.1, -0.05) is 12.8 Å². The Balaban J connectivity index is 2.20. The van der Waals surface area contributed by atoms with E-state index in [9.17, 15) is 16.8 Å². The molecule has 1 saturated carbocycles. The Kier molecular flexibility index (Phi) is 4.48. The monoisotopic (exact) mass is 318 g/mol. The van der Waals surface area contributed by atoms with Gasteiger partial charge in [0.15, 0.2) is 0 Å². The molecule has 20 heavy (non-hydrogen) atoms. The van der Waals surface area contributed by atoms with Gasteiger partial charge < -0.3 is 0 Å². The lowest BCUT2D eigenvalue weighted by atomic mass is 10.3. The molecule has 0 bridgehead atoms. The smallest absolute Gasteiger partial charge is 0.214 e. The van der Waals surface area contributed by atoms with Gasteiger partial charge in [-0.3, -0.25) is 0 Å². The maximum Gasteiger partial charge on any atom is 0.240 e. The molecule has 0 spiro atoms. The van der Waals surface area contributed by atoms with Crippen molar-refractivity contribution in [3.05, 3.63) is 24.3 Å². The quantitative estimate of drug-likeness (QED) is 0.840. The molecule has 0 unspecified atom stereocenters. The molecule has 2 rings (SSSR count). The molecule has 0 atom stereocenters. The van der Waals surface area contributed by atoms with Crippen molar-refractivity contribution in [2.45, 2.75) is 41.5 Å². The van der Waals surface area contributed by atoms with Gasteiger partial charge in [-0.05, 0) is 44.2 Å². The number of hydrogen-bond acceptors (Lipinski definition) is 4. The Labute approximate surface area is 119 Å². The van der Waals surface area contributed by atoms with Crippen molar-refractivity contribution in [2.24, 2.45) is 0 Å². The third-order valence-corrected chi connectivity index (χ3v) is 6.36. The molecule has 1 aromatic carbocycles. The van der Waals surface area contributed by atoms with Gasteiger partial charge in [-0.2, -0.15) is 0 Å². The SMILES string of the molecule is CNS(=O)(=O)c1ccc(S(=O)(=O)NC2CCCC2)cc1. The zero-order chi connectivity index (χ0) is 14.8. The van der Waals surface area contributed by atoms with Crippen LogP contribution in [0.5, 0.6) is 0 Å². The van der Waals surface area contributed by atoms with E-state index in [1.165, 1.54) is 31.3 Å². The van der Waals surface area contributed by atoms with Crippen LogP contribution in [0.3, 0.4) is 0 Å². The molecule has 8 heteroatoms. The van der Waals surface area contributed by atoms with Crippen LogP contribution in [0.4, 0.5) is 0 Å². The molecule has 1 aromatic rings. The lowest BCUT2D eigenvalue weighted by molar-refractivity contribution is 0.552. The predicted molar refractivity (Wildman–Crippen MR) is 75.3 cm³/mol. The molecule has 112 valence electrons. The van der Waals surface area contributed by atoms with E-state index in [1.807, 2.05) is 0 Å². The normalized spacial score (nSPS) is 17.4. The average molecular weight is 318 g/mol. The first-order valence-corrected chi connectivity index (χ1v) is 9.38. The fraction of sp³-hybridized carbons (Fsp3) is 0.500. The number of benzene rings is 1. The summed E-state index contributed by atoms with van der Waals surface area (Å²) in [5.41, 5.74) is 0. The molecule has 0 heterocycles. The number of nitrogens with one attached hydrogen (secondary N) is 2. The Morgan fingerprint density at radius 2 is 1.35 bits per heavy atom. The van der Waals surface area contributed by atoms with Crippen LogP contribution in [0.15, 0.2) is 34.1 Å². The molecular formula is C12H18N2O4S2. The van der Waals surface area contributed by atoms with Crippen LogP contribution in [0.2, 0.25) is 0 Å². The van der Waals surface area contributed by atoms with E-state index in [1.54, 1.807) is 0 Å². The highest BCUT2D eigenvalue weighted by Crippen LogP contribution is 2.21. The Morgan fingerprint density at radius 1 is 0.900 bits per heavy atom. The van der Waals surface area contributed by atoms with Gasteiger partial charge >= 0.3 is 0 Å². The summed E-state index contributed by atoms with van der Waals surface area (Å²) < 4.78 is 52.2. The van der Waals surface area contributed by atoms with Crippen LogP contribution in [0.1, 0.15) is 25.7 Å². The minimum absolute atomic E-state index is 0.0132. The van der Waals surface area contributed by atoms with E-state index < -0.39 is 20.0 Å². The molecule has 2 N–H and O–H groups in total. The highest BCUT2D eigenvalue weighted by molar-refractivity contribution is 7.90. The van der Waals surface area contributed by atoms with Gasteiger partial charge in [-0.15, -0.1) is 0 Å². The Morgan fingerprint density at radius 3 is 1.80 bits per heavy atom. The molecule has 0 aliphatic heterocycles. The van der Waals surface area contributed by atoms with Gasteiger partial charge in [0, 0.05) is 6.04 Å². The summed E-state index contributed by atoms with van der Waals surface area (Å²) in [5, 5.41) is 0. The van der Waals surface area contributed by atoms with Crippen LogP contribution in [-0.2, 0) is 20.0 Å². The Hall–Kier alpha value is -0.960. The van der Waals surface area contributed by atoms with E-state index in [-0.39, 0.29) is 15.8 Å².